The zero-order chi connectivity index (χ0) is 15.1. The Morgan fingerprint density at radius 3 is 1.79 bits per heavy atom. The Kier molecular flexibility index (Phi) is 4.51. The van der Waals surface area contributed by atoms with Crippen molar-refractivity contribution in [3.8, 4) is 0 Å². The second-order valence-electron chi connectivity index (χ2n) is 8.30. The zero-order valence-electron chi connectivity index (χ0n) is 14.3. The maximum absolute atomic E-state index is 6.01. The highest BCUT2D eigenvalue weighted by atomic mass is 28.3. The first kappa shape index (κ1) is 17.0. The van der Waals surface area contributed by atoms with Gasteiger partial charge in [-0.05, 0) is 39.1 Å². The molecule has 0 aromatic heterocycles. The third kappa shape index (κ3) is 3.73. The fourth-order valence-electron chi connectivity index (χ4n) is 1.79. The Balaban J connectivity index is 2.61. The Hall–Kier alpha value is -0.0582. The maximum atomic E-state index is 6.01. The molecular weight excluding hydrogens is 251 g/mol. The second-order valence-corrected chi connectivity index (χ2v) is 13.6. The molecule has 1 aliphatic heterocycles. The molecule has 0 unspecified atom stereocenters. The van der Waals surface area contributed by atoms with Crippen LogP contribution in [0.1, 0.15) is 48.5 Å². The molecular formula is C15H31BO2Si. The second kappa shape index (κ2) is 5.05. The third-order valence-corrected chi connectivity index (χ3v) is 10.0. The van der Waals surface area contributed by atoms with Gasteiger partial charge in [0, 0.05) is 0 Å². The van der Waals surface area contributed by atoms with Crippen molar-refractivity contribution in [3.05, 3.63) is 11.8 Å². The van der Waals surface area contributed by atoms with Gasteiger partial charge in [-0.2, -0.15) is 0 Å². The number of hydrogen-bond donors (Lipinski definition) is 0. The van der Waals surface area contributed by atoms with E-state index in [1.165, 1.54) is 0 Å². The normalized spacial score (nSPS) is 23.3. The molecule has 0 atom stereocenters. The first-order valence-electron chi connectivity index (χ1n) is 7.32. The fourth-order valence-corrected chi connectivity index (χ4v) is 3.01. The van der Waals surface area contributed by atoms with E-state index in [-0.39, 0.29) is 18.3 Å². The molecule has 0 bridgehead atoms. The van der Waals surface area contributed by atoms with Gasteiger partial charge in [0.2, 0.25) is 0 Å². The van der Waals surface area contributed by atoms with Gasteiger partial charge < -0.3 is 9.31 Å². The lowest BCUT2D eigenvalue weighted by Gasteiger charge is -2.34. The van der Waals surface area contributed by atoms with Crippen LogP contribution in [0.5, 0.6) is 0 Å². The predicted molar refractivity (Wildman–Crippen MR) is 87.2 cm³/mol. The summed E-state index contributed by atoms with van der Waals surface area (Å²) >= 11 is 0. The summed E-state index contributed by atoms with van der Waals surface area (Å²) < 4.78 is 12.0. The van der Waals surface area contributed by atoms with E-state index in [0.29, 0.717) is 5.04 Å². The van der Waals surface area contributed by atoms with E-state index < -0.39 is 8.07 Å². The van der Waals surface area contributed by atoms with Crippen molar-refractivity contribution in [1.82, 2.24) is 0 Å². The molecule has 4 heteroatoms. The molecule has 0 aromatic rings. The third-order valence-electron chi connectivity index (χ3n) is 5.10. The van der Waals surface area contributed by atoms with Crippen LogP contribution in [0.2, 0.25) is 24.5 Å². The summed E-state index contributed by atoms with van der Waals surface area (Å²) in [5, 5.41) is 0.388. The topological polar surface area (TPSA) is 18.5 Å². The first-order valence-corrected chi connectivity index (χ1v) is 10.4. The van der Waals surface area contributed by atoms with Gasteiger partial charge in [0.1, 0.15) is 0 Å². The Bertz CT molecular complexity index is 338. The summed E-state index contributed by atoms with van der Waals surface area (Å²) in [6.07, 6.45) is 3.11. The van der Waals surface area contributed by atoms with Crippen molar-refractivity contribution in [2.45, 2.75) is 84.1 Å². The predicted octanol–water partition coefficient (Wildman–Crippen LogP) is 4.68. The molecule has 0 aliphatic carbocycles. The molecule has 0 amide bonds. The van der Waals surface area contributed by atoms with Crippen molar-refractivity contribution >= 4 is 15.2 Å². The summed E-state index contributed by atoms with van der Waals surface area (Å²) in [5.74, 6) is 0. The highest BCUT2D eigenvalue weighted by molar-refractivity contribution is 6.84. The summed E-state index contributed by atoms with van der Waals surface area (Å²) in [7, 11) is -1.45. The van der Waals surface area contributed by atoms with Crippen molar-refractivity contribution in [1.29, 1.82) is 0 Å². The summed E-state index contributed by atoms with van der Waals surface area (Å²) in [4.78, 5) is 0. The Morgan fingerprint density at radius 1 is 1.00 bits per heavy atom. The van der Waals surface area contributed by atoms with Gasteiger partial charge in [0.15, 0.2) is 0 Å². The van der Waals surface area contributed by atoms with Crippen LogP contribution in [-0.4, -0.2) is 26.4 Å². The number of rotatable bonds is 3. The molecule has 1 rings (SSSR count). The molecule has 0 N–H and O–H groups in total. The molecule has 0 aromatic carbocycles. The van der Waals surface area contributed by atoms with Crippen molar-refractivity contribution < 1.29 is 9.31 Å². The highest BCUT2D eigenvalue weighted by Crippen LogP contribution is 2.39. The first-order chi connectivity index (χ1) is 8.29. The lowest BCUT2D eigenvalue weighted by atomic mass is 9.85. The van der Waals surface area contributed by atoms with E-state index in [1.54, 1.807) is 0 Å². The average Bonchev–Trinajstić information content (AvgIpc) is 2.32. The minimum atomic E-state index is -1.34. The van der Waals surface area contributed by atoms with Gasteiger partial charge >= 0.3 is 7.12 Å². The molecule has 19 heavy (non-hydrogen) atoms. The van der Waals surface area contributed by atoms with E-state index in [2.05, 4.69) is 73.3 Å². The van der Waals surface area contributed by atoms with Crippen LogP contribution in [0.25, 0.3) is 0 Å². The van der Waals surface area contributed by atoms with Crippen LogP contribution in [0.15, 0.2) is 11.8 Å². The minimum Gasteiger partial charge on any atom is -0.403 e. The van der Waals surface area contributed by atoms with Crippen LogP contribution in [-0.2, 0) is 9.31 Å². The summed E-state index contributed by atoms with van der Waals surface area (Å²) in [5.41, 5.74) is 1.99. The van der Waals surface area contributed by atoms with Gasteiger partial charge in [-0.15, -0.1) is 0 Å². The maximum Gasteiger partial charge on any atom is 0.461 e. The van der Waals surface area contributed by atoms with Crippen molar-refractivity contribution in [2.75, 3.05) is 0 Å². The zero-order valence-corrected chi connectivity index (χ0v) is 15.3. The van der Waals surface area contributed by atoms with E-state index in [9.17, 15) is 0 Å². The van der Waals surface area contributed by atoms with Gasteiger partial charge in [-0.3, -0.25) is 0 Å². The molecule has 0 spiro atoms. The van der Waals surface area contributed by atoms with Crippen LogP contribution in [0.3, 0.4) is 0 Å². The van der Waals surface area contributed by atoms with Gasteiger partial charge in [-0.1, -0.05) is 45.6 Å². The molecule has 0 radical (unpaired) electrons. The van der Waals surface area contributed by atoms with E-state index in [1.807, 2.05) is 0 Å². The molecule has 0 saturated carbocycles. The molecule has 1 heterocycles. The summed E-state index contributed by atoms with van der Waals surface area (Å²) in [6, 6.07) is 0. The van der Waals surface area contributed by atoms with Gasteiger partial charge in [-0.25, -0.2) is 0 Å². The van der Waals surface area contributed by atoms with Gasteiger partial charge in [0.25, 0.3) is 0 Å². The molecule has 2 nitrogen and oxygen atoms in total. The highest BCUT2D eigenvalue weighted by Gasteiger charge is 2.50. The smallest absolute Gasteiger partial charge is 0.403 e. The number of hydrogen-bond acceptors (Lipinski definition) is 2. The monoisotopic (exact) mass is 282 g/mol. The van der Waals surface area contributed by atoms with Crippen LogP contribution >= 0.6 is 0 Å². The molecule has 110 valence electrons. The number of allylic oxidation sites excluding steroid dienone is 1. The van der Waals surface area contributed by atoms with Crippen molar-refractivity contribution in [2.24, 2.45) is 0 Å². The minimum absolute atomic E-state index is 0.106. The lowest BCUT2D eigenvalue weighted by Crippen LogP contribution is -2.41. The lowest BCUT2D eigenvalue weighted by molar-refractivity contribution is 0.00578. The van der Waals surface area contributed by atoms with E-state index in [4.69, 9.17) is 9.31 Å². The largest absolute Gasteiger partial charge is 0.461 e. The van der Waals surface area contributed by atoms with Crippen LogP contribution < -0.4 is 0 Å². The van der Waals surface area contributed by atoms with Crippen molar-refractivity contribution in [3.63, 3.8) is 0 Å². The standard InChI is InChI=1S/C15H31BO2Si/c1-13(2,3)19(8,9)12-10-11-16-17-14(4,5)15(6,7)18-16/h10,12H,11H2,1-9H3/b12-10+. The van der Waals surface area contributed by atoms with Gasteiger partial charge in [0.05, 0.1) is 19.3 Å². The Morgan fingerprint density at radius 2 is 1.42 bits per heavy atom. The average molecular weight is 282 g/mol. The molecule has 1 aliphatic rings. The quantitative estimate of drug-likeness (QED) is 0.700. The fraction of sp³-hybridized carbons (Fsp3) is 0.867. The van der Waals surface area contributed by atoms with Crippen LogP contribution in [0, 0.1) is 0 Å². The Labute approximate surface area is 121 Å². The van der Waals surface area contributed by atoms with E-state index >= 15 is 0 Å². The summed E-state index contributed by atoms with van der Waals surface area (Å²) in [6.45, 7) is 20.2. The SMILES string of the molecule is CC1(C)OB(C/C=C/[Si](C)(C)C(C)(C)C)OC1(C)C. The van der Waals surface area contributed by atoms with E-state index in [0.717, 1.165) is 6.32 Å². The molecule has 1 saturated heterocycles. The molecule has 1 fully saturated rings. The van der Waals surface area contributed by atoms with Crippen LogP contribution in [0.4, 0.5) is 0 Å².